The molecule has 0 aromatic heterocycles. The van der Waals surface area contributed by atoms with Crippen LogP contribution >= 0.6 is 0 Å². The van der Waals surface area contributed by atoms with Gasteiger partial charge in [-0.25, -0.2) is 0 Å². The van der Waals surface area contributed by atoms with E-state index in [9.17, 15) is 0 Å². The minimum Gasteiger partial charge on any atom is -0.332 e. The van der Waals surface area contributed by atoms with E-state index in [0.29, 0.717) is 0 Å². The first-order chi connectivity index (χ1) is 1.91. The third-order valence-electron chi connectivity index (χ3n) is 0.408. The van der Waals surface area contributed by atoms with Crippen LogP contribution in [-0.2, 0) is 18.6 Å². The van der Waals surface area contributed by atoms with Gasteiger partial charge in [-0.3, -0.25) is 0 Å². The molecule has 2 heteroatoms. The van der Waals surface area contributed by atoms with Gasteiger partial charge in [0, 0.05) is 49.7 Å². The molecule has 0 aromatic carbocycles. The fraction of sp³-hybridized carbons (Fsp3) is 0.833. The van der Waals surface area contributed by atoms with Crippen LogP contribution in [-0.4, -0.2) is 0 Å². The van der Waals surface area contributed by atoms with E-state index < -0.39 is 0 Å². The summed E-state index contributed by atoms with van der Waals surface area (Å²) in [5.41, 5.74) is 0. The zero-order valence-electron chi connectivity index (χ0n) is 4.23. The Labute approximate surface area is 90.5 Å². The Bertz CT molecular complexity index is 10.5. The quantitative estimate of drug-likeness (QED) is 0.616. The zero-order chi connectivity index (χ0) is 3.41. The standard InChI is InChI=1S/C4H9.2CH4.U.V/c1-3-4-2;;;;/h3H,4H2,1-2H3;2*1H4;;/q-1;;;;. The third-order valence-corrected chi connectivity index (χ3v) is 0.408. The van der Waals surface area contributed by atoms with Gasteiger partial charge in [-0.2, -0.15) is 13.3 Å². The summed E-state index contributed by atoms with van der Waals surface area (Å²) in [6.45, 7) is 4.18. The van der Waals surface area contributed by atoms with Crippen LogP contribution in [0.25, 0.3) is 0 Å². The van der Waals surface area contributed by atoms with Gasteiger partial charge < -0.3 is 6.42 Å². The van der Waals surface area contributed by atoms with Crippen molar-refractivity contribution in [2.24, 2.45) is 0 Å². The Kier molecular flexibility index (Phi) is 159. The second kappa shape index (κ2) is 38.1. The molecule has 0 amide bonds. The summed E-state index contributed by atoms with van der Waals surface area (Å²) in [6, 6.07) is 0. The summed E-state index contributed by atoms with van der Waals surface area (Å²) in [4.78, 5) is 0. The van der Waals surface area contributed by atoms with Crippen molar-refractivity contribution >= 4 is 0 Å². The van der Waals surface area contributed by atoms with Crippen LogP contribution in [0.3, 0.4) is 0 Å². The second-order valence-electron chi connectivity index (χ2n) is 0.816. The van der Waals surface area contributed by atoms with Crippen LogP contribution in [0.15, 0.2) is 0 Å². The van der Waals surface area contributed by atoms with Crippen molar-refractivity contribution in [3.05, 3.63) is 6.42 Å². The van der Waals surface area contributed by atoms with Crippen molar-refractivity contribution in [2.75, 3.05) is 0 Å². The van der Waals surface area contributed by atoms with Crippen LogP contribution in [0.2, 0.25) is 0 Å². The summed E-state index contributed by atoms with van der Waals surface area (Å²) < 4.78 is 0. The van der Waals surface area contributed by atoms with E-state index in [0.717, 1.165) is 0 Å². The first-order valence-electron chi connectivity index (χ1n) is 1.69. The molecule has 0 saturated carbocycles. The van der Waals surface area contributed by atoms with Gasteiger partial charge in [-0.1, -0.05) is 21.8 Å². The Morgan fingerprint density at radius 1 is 1.25 bits per heavy atom. The Morgan fingerprint density at radius 3 is 1.38 bits per heavy atom. The van der Waals surface area contributed by atoms with Crippen molar-refractivity contribution in [2.45, 2.75) is 35.1 Å². The molecule has 0 heterocycles. The van der Waals surface area contributed by atoms with Gasteiger partial charge in [-0.05, 0) is 0 Å². The molecule has 0 aliphatic heterocycles. The number of hydrogen-bond donors (Lipinski definition) is 0. The molecule has 0 rings (SSSR count). The van der Waals surface area contributed by atoms with Crippen molar-refractivity contribution in [1.82, 2.24) is 0 Å². The van der Waals surface area contributed by atoms with E-state index in [1.807, 2.05) is 0 Å². The van der Waals surface area contributed by atoms with Gasteiger partial charge in [0.05, 0.1) is 0 Å². The average Bonchev–Trinajstić information content (AvgIpc) is 1.37. The molecule has 0 nitrogen and oxygen atoms in total. The molecule has 0 N–H and O–H groups in total. The summed E-state index contributed by atoms with van der Waals surface area (Å²) in [6.07, 6.45) is 3.32. The minimum absolute atomic E-state index is 0. The first-order valence-corrected chi connectivity index (χ1v) is 1.69. The van der Waals surface area contributed by atoms with Crippen LogP contribution in [0, 0.1) is 37.5 Å². The summed E-state index contributed by atoms with van der Waals surface area (Å²) >= 11 is 0. The van der Waals surface area contributed by atoms with Crippen LogP contribution in [0.4, 0.5) is 0 Å². The van der Waals surface area contributed by atoms with E-state index in [4.69, 9.17) is 0 Å². The molecule has 0 aliphatic carbocycles. The van der Waals surface area contributed by atoms with Crippen molar-refractivity contribution in [3.8, 4) is 0 Å². The third kappa shape index (κ3) is 48.4. The first kappa shape index (κ1) is 33.4. The molecular weight excluding hydrogens is 361 g/mol. The van der Waals surface area contributed by atoms with Crippen molar-refractivity contribution in [1.29, 1.82) is 0 Å². The van der Waals surface area contributed by atoms with Crippen molar-refractivity contribution < 1.29 is 49.7 Å². The van der Waals surface area contributed by atoms with Crippen LogP contribution < -0.4 is 0 Å². The fourth-order valence-electron chi connectivity index (χ4n) is 0. The number of rotatable bonds is 1. The zero-order valence-corrected chi connectivity index (χ0v) is 9.79. The van der Waals surface area contributed by atoms with Gasteiger partial charge >= 0.3 is 0 Å². The van der Waals surface area contributed by atoms with Gasteiger partial charge in [0.2, 0.25) is 0 Å². The van der Waals surface area contributed by atoms with E-state index >= 15 is 0 Å². The second-order valence-corrected chi connectivity index (χ2v) is 0.816. The molecule has 0 unspecified atom stereocenters. The van der Waals surface area contributed by atoms with Gasteiger partial charge in [0.1, 0.15) is 0 Å². The van der Waals surface area contributed by atoms with Crippen LogP contribution in [0.5, 0.6) is 0 Å². The molecule has 1 radical (unpaired) electrons. The maximum absolute atomic E-state index is 2.12. The largest absolute Gasteiger partial charge is 0.332 e. The van der Waals surface area contributed by atoms with E-state index in [2.05, 4.69) is 20.3 Å². The van der Waals surface area contributed by atoms with E-state index in [-0.39, 0.29) is 64.5 Å². The molecule has 51 valence electrons. The van der Waals surface area contributed by atoms with E-state index in [1.165, 1.54) is 6.42 Å². The molecule has 8 heavy (non-hydrogen) atoms. The molecule has 0 aliphatic rings. The Morgan fingerprint density at radius 2 is 1.38 bits per heavy atom. The molecule has 0 bridgehead atoms. The predicted molar refractivity (Wildman–Crippen MR) is 33.7 cm³/mol. The summed E-state index contributed by atoms with van der Waals surface area (Å²) in [7, 11) is 0. The molecule has 0 fully saturated rings. The van der Waals surface area contributed by atoms with E-state index in [1.54, 1.807) is 0 Å². The average molecular weight is 378 g/mol. The minimum atomic E-state index is 0. The predicted octanol–water partition coefficient (Wildman–Crippen LogP) is 2.89. The maximum atomic E-state index is 2.12. The van der Waals surface area contributed by atoms with Gasteiger partial charge in [0.25, 0.3) is 0 Å². The van der Waals surface area contributed by atoms with Gasteiger partial charge in [0.15, 0.2) is 0 Å². The number of unbranched alkanes of at least 4 members (excludes halogenated alkanes) is 1. The Hall–Kier alpha value is 1.64. The SMILES string of the molecule is C.C.C[CH-]CC.[U].[V]. The van der Waals surface area contributed by atoms with Crippen LogP contribution in [0.1, 0.15) is 35.1 Å². The molecule has 0 atom stereocenters. The topological polar surface area (TPSA) is 0 Å². The Balaban J connectivity index is -0.00000000750. The summed E-state index contributed by atoms with van der Waals surface area (Å²) in [5.74, 6) is 0. The molecule has 0 spiro atoms. The smallest absolute Gasteiger partial charge is 0 e. The molecule has 0 aromatic rings. The maximum Gasteiger partial charge on any atom is 0 e. The number of hydrogen-bond acceptors (Lipinski definition) is 0. The molecular formula is C6H17UV-. The fourth-order valence-corrected chi connectivity index (χ4v) is 0. The van der Waals surface area contributed by atoms with Crippen molar-refractivity contribution in [3.63, 3.8) is 0 Å². The summed E-state index contributed by atoms with van der Waals surface area (Å²) in [5, 5.41) is 0. The monoisotopic (exact) mass is 378 g/mol. The van der Waals surface area contributed by atoms with Gasteiger partial charge in [-0.15, -0.1) is 0 Å². The molecule has 0 saturated heterocycles. The normalized spacial score (nSPS) is 3.75.